The number of rotatable bonds is 5. The molecule has 0 saturated carbocycles. The first-order valence-corrected chi connectivity index (χ1v) is 19.5. The predicted molar refractivity (Wildman–Crippen MR) is 176 cm³/mol. The number of allylic oxidation sites excluding steroid dienone is 4. The number of unbranched alkanes of at least 4 members (excludes halogenated alkanes) is 1. The molecular weight excluding hydrogens is 560 g/mol. The van der Waals surface area contributed by atoms with E-state index in [2.05, 4.69) is 127 Å². The van der Waals surface area contributed by atoms with Crippen molar-refractivity contribution < 1.29 is 21.3 Å². The third kappa shape index (κ3) is 5.94. The van der Waals surface area contributed by atoms with Crippen LogP contribution in [0.25, 0.3) is 11.1 Å². The second-order valence-corrected chi connectivity index (χ2v) is 23.0. The Bertz CT molecular complexity index is 1410. The summed E-state index contributed by atoms with van der Waals surface area (Å²) < 4.78 is 5.35. The Kier molecular flexibility index (Phi) is 8.74. The zero-order valence-corrected chi connectivity index (χ0v) is 30.8. The van der Waals surface area contributed by atoms with Crippen LogP contribution in [-0.2, 0) is 38.5 Å². The Morgan fingerprint density at radius 2 is 1.43 bits per heavy atom. The van der Waals surface area contributed by atoms with Crippen LogP contribution in [0.3, 0.4) is 0 Å². The van der Waals surface area contributed by atoms with E-state index >= 15 is 0 Å². The minimum absolute atomic E-state index is 0.116. The molecule has 2 aromatic carbocycles. The monoisotopic (exact) mass is 614 g/mol. The van der Waals surface area contributed by atoms with E-state index in [1.54, 1.807) is 34.3 Å². The summed E-state index contributed by atoms with van der Waals surface area (Å²) in [5, 5.41) is 0. The van der Waals surface area contributed by atoms with Gasteiger partial charge in [0.1, 0.15) is 0 Å². The van der Waals surface area contributed by atoms with E-state index in [9.17, 15) is 0 Å². The third-order valence-corrected chi connectivity index (χ3v) is 17.3. The molecule has 0 bridgehead atoms. The fourth-order valence-corrected chi connectivity index (χ4v) is 15.3. The molecule has 0 aromatic heterocycles. The summed E-state index contributed by atoms with van der Waals surface area (Å²) >= 11 is -2.38. The van der Waals surface area contributed by atoms with Crippen molar-refractivity contribution in [3.05, 3.63) is 72.6 Å². The summed E-state index contributed by atoms with van der Waals surface area (Å²) in [6, 6.07) is 7.69. The molecular formula is C39H56Zr. The zero-order valence-electron chi connectivity index (χ0n) is 28.3. The molecule has 0 amide bonds. The molecule has 0 nitrogen and oxygen atoms in total. The quantitative estimate of drug-likeness (QED) is 0.268. The molecule has 2 aliphatic rings. The van der Waals surface area contributed by atoms with Gasteiger partial charge in [-0.05, 0) is 0 Å². The number of benzene rings is 2. The van der Waals surface area contributed by atoms with Crippen LogP contribution < -0.4 is 3.27 Å². The topological polar surface area (TPSA) is 0 Å². The van der Waals surface area contributed by atoms with Gasteiger partial charge >= 0.3 is 256 Å². The average molecular weight is 616 g/mol. The van der Waals surface area contributed by atoms with Crippen molar-refractivity contribution in [3.63, 3.8) is 0 Å². The molecule has 0 radical (unpaired) electrons. The SMILES string of the molecule is CCCCC1C=C(C(C)(C)C)C=[C]1[Zr](=[C](C)C)[c]1c(C)c(C(C)(C)C)cc2c1Cc1cc(C)c(C(C)(C)C)cc1-2. The second-order valence-electron chi connectivity index (χ2n) is 16.0. The van der Waals surface area contributed by atoms with Gasteiger partial charge < -0.3 is 0 Å². The Balaban J connectivity index is 2.04. The van der Waals surface area contributed by atoms with Gasteiger partial charge in [-0.1, -0.05) is 0 Å². The molecule has 2 aromatic rings. The van der Waals surface area contributed by atoms with Crippen LogP contribution in [0.1, 0.15) is 136 Å². The van der Waals surface area contributed by atoms with Crippen LogP contribution in [-0.4, -0.2) is 3.21 Å². The van der Waals surface area contributed by atoms with Gasteiger partial charge in [-0.15, -0.1) is 0 Å². The van der Waals surface area contributed by atoms with Gasteiger partial charge in [0.25, 0.3) is 0 Å². The van der Waals surface area contributed by atoms with Crippen molar-refractivity contribution >= 4 is 6.48 Å². The van der Waals surface area contributed by atoms with Crippen LogP contribution in [0.15, 0.2) is 39.2 Å². The Hall–Kier alpha value is -1.33. The Labute approximate surface area is 254 Å². The molecule has 2 aliphatic carbocycles. The van der Waals surface area contributed by atoms with E-state index in [-0.39, 0.29) is 16.2 Å². The van der Waals surface area contributed by atoms with Crippen molar-refractivity contribution in [3.8, 4) is 11.1 Å². The molecule has 1 heteroatoms. The van der Waals surface area contributed by atoms with E-state index in [1.165, 1.54) is 41.5 Å². The number of hydrogen-bond acceptors (Lipinski definition) is 0. The Morgan fingerprint density at radius 1 is 0.825 bits per heavy atom. The standard InChI is InChI=1S/C23H29.C13H21.C3H6.Zr/c1-14-9-16-11-17-10-15(2)21(23(6,7)8)13-19(17)18(16)12-20(14)22(3,4)5;1-5-6-7-11-8-9-12(10-11)13(2,3)4;1-3-2;/h9,12-13H,11H2,1-8H3;9-11H,5-7H2,1-4H3;1-2H3;. The predicted octanol–water partition coefficient (Wildman–Crippen LogP) is 10.6. The maximum absolute atomic E-state index is 2.70. The molecule has 1 unspecified atom stereocenters. The van der Waals surface area contributed by atoms with Crippen LogP contribution in [0.2, 0.25) is 0 Å². The first-order chi connectivity index (χ1) is 18.4. The number of aryl methyl sites for hydroxylation is 1. The first-order valence-electron chi connectivity index (χ1n) is 15.8. The summed E-state index contributed by atoms with van der Waals surface area (Å²) in [7, 11) is 0. The van der Waals surface area contributed by atoms with Gasteiger partial charge in [0.2, 0.25) is 0 Å². The Morgan fingerprint density at radius 3 is 1.95 bits per heavy atom. The molecule has 0 aliphatic heterocycles. The van der Waals surface area contributed by atoms with E-state index in [0.29, 0.717) is 5.92 Å². The van der Waals surface area contributed by atoms with E-state index in [0.717, 1.165) is 6.42 Å². The van der Waals surface area contributed by atoms with E-state index in [1.807, 2.05) is 3.28 Å². The zero-order chi connectivity index (χ0) is 29.9. The fourth-order valence-electron chi connectivity index (χ4n) is 7.24. The summed E-state index contributed by atoms with van der Waals surface area (Å²) in [5.74, 6) is 0.616. The van der Waals surface area contributed by atoms with Crippen LogP contribution in [0.4, 0.5) is 0 Å². The van der Waals surface area contributed by atoms with Crippen LogP contribution in [0.5, 0.6) is 0 Å². The molecule has 0 saturated heterocycles. The molecule has 40 heavy (non-hydrogen) atoms. The summed E-state index contributed by atoms with van der Waals surface area (Å²) in [6.07, 6.45) is 10.4. The molecule has 216 valence electrons. The van der Waals surface area contributed by atoms with Gasteiger partial charge in [-0.25, -0.2) is 0 Å². The molecule has 0 spiro atoms. The average Bonchev–Trinajstić information content (AvgIpc) is 3.37. The van der Waals surface area contributed by atoms with Crippen molar-refractivity contribution in [2.45, 2.75) is 133 Å². The number of hydrogen-bond donors (Lipinski definition) is 0. The van der Waals surface area contributed by atoms with Gasteiger partial charge in [0.05, 0.1) is 0 Å². The van der Waals surface area contributed by atoms with E-state index < -0.39 is 21.3 Å². The third-order valence-electron chi connectivity index (χ3n) is 9.28. The van der Waals surface area contributed by atoms with Crippen molar-refractivity contribution in [2.75, 3.05) is 0 Å². The van der Waals surface area contributed by atoms with Crippen molar-refractivity contribution in [1.82, 2.24) is 0 Å². The summed E-state index contributed by atoms with van der Waals surface area (Å²) in [5.41, 5.74) is 14.4. The van der Waals surface area contributed by atoms with Gasteiger partial charge in [-0.2, -0.15) is 0 Å². The maximum atomic E-state index is 2.70. The second kappa shape index (κ2) is 11.1. The summed E-state index contributed by atoms with van der Waals surface area (Å²) in [6.45, 7) is 33.6. The molecule has 0 heterocycles. The van der Waals surface area contributed by atoms with Crippen molar-refractivity contribution in [2.24, 2.45) is 11.3 Å². The molecule has 0 fully saturated rings. The van der Waals surface area contributed by atoms with Gasteiger partial charge in [0.15, 0.2) is 0 Å². The van der Waals surface area contributed by atoms with Gasteiger partial charge in [0, 0.05) is 0 Å². The van der Waals surface area contributed by atoms with Crippen molar-refractivity contribution in [1.29, 1.82) is 0 Å². The van der Waals surface area contributed by atoms with Crippen LogP contribution >= 0.6 is 0 Å². The first kappa shape index (κ1) is 31.6. The van der Waals surface area contributed by atoms with Gasteiger partial charge in [-0.3, -0.25) is 0 Å². The minimum atomic E-state index is -2.38. The summed E-state index contributed by atoms with van der Waals surface area (Å²) in [4.78, 5) is 0. The normalized spacial score (nSPS) is 17.0. The van der Waals surface area contributed by atoms with Crippen LogP contribution in [0, 0.1) is 25.2 Å². The molecule has 1 atom stereocenters. The van der Waals surface area contributed by atoms with E-state index in [4.69, 9.17) is 0 Å². The molecule has 0 N–H and O–H groups in total. The number of fused-ring (bicyclic) bond motifs is 3. The molecule has 4 rings (SSSR count). The fraction of sp³-hybridized carbons (Fsp3) is 0.564.